The third-order valence-corrected chi connectivity index (χ3v) is 0.798. The Bertz CT molecular complexity index is 120. The molecule has 11 heavy (non-hydrogen) atoms. The number of rotatable bonds is 0. The summed E-state index contributed by atoms with van der Waals surface area (Å²) in [6.45, 7) is 10.7. The summed E-state index contributed by atoms with van der Waals surface area (Å²) in [5.41, 5.74) is -0.352. The lowest BCUT2D eigenvalue weighted by molar-refractivity contribution is -0.149. The normalized spacial score (nSPS) is 9.18. The van der Waals surface area contributed by atoms with Gasteiger partial charge in [0.25, 0.3) is 0 Å². The first-order valence-corrected chi connectivity index (χ1v) is 3.55. The number of hydrogen-bond acceptors (Lipinski definition) is 2. The van der Waals surface area contributed by atoms with E-state index in [4.69, 9.17) is 0 Å². The third-order valence-electron chi connectivity index (χ3n) is 0.798. The van der Waals surface area contributed by atoms with Crippen LogP contribution in [-0.4, -0.2) is 13.1 Å². The summed E-state index contributed by atoms with van der Waals surface area (Å²) in [5.74, 6) is -0.169. The van der Waals surface area contributed by atoms with Crippen molar-refractivity contribution in [1.29, 1.82) is 0 Å². The van der Waals surface area contributed by atoms with Crippen molar-refractivity contribution in [3.8, 4) is 0 Å². The van der Waals surface area contributed by atoms with E-state index in [1.807, 2.05) is 27.7 Å². The van der Waals surface area contributed by atoms with Crippen LogP contribution < -0.4 is 0 Å². The molecule has 0 unspecified atom stereocenters. The lowest BCUT2D eigenvalue weighted by atomic mass is 9.98. The van der Waals surface area contributed by atoms with Crippen LogP contribution in [0.15, 0.2) is 12.7 Å². The Morgan fingerprint density at radius 2 is 1.73 bits per heavy atom. The van der Waals surface area contributed by atoms with Crippen LogP contribution in [0.25, 0.3) is 0 Å². The Morgan fingerprint density at radius 3 is 1.73 bits per heavy atom. The summed E-state index contributed by atoms with van der Waals surface area (Å²) in [7, 11) is 1.40. The highest BCUT2D eigenvalue weighted by Gasteiger charge is 2.21. The minimum Gasteiger partial charge on any atom is -0.469 e. The van der Waals surface area contributed by atoms with E-state index in [0.717, 1.165) is 0 Å². The van der Waals surface area contributed by atoms with Crippen molar-refractivity contribution >= 4 is 5.97 Å². The highest BCUT2D eigenvalue weighted by Crippen LogP contribution is 2.13. The summed E-state index contributed by atoms with van der Waals surface area (Å²) in [6.07, 6.45) is 1.75. The molecule has 0 fully saturated rings. The number of hydrogen-bond donors (Lipinski definition) is 0. The van der Waals surface area contributed by atoms with Gasteiger partial charge in [-0.2, -0.15) is 0 Å². The number of allylic oxidation sites excluding steroid dienone is 1. The lowest BCUT2D eigenvalue weighted by Gasteiger charge is -2.13. The molecule has 0 aromatic carbocycles. The van der Waals surface area contributed by atoms with Crippen molar-refractivity contribution in [2.75, 3.05) is 7.11 Å². The molecule has 0 radical (unpaired) electrons. The molecule has 0 bridgehead atoms. The summed E-state index contributed by atoms with van der Waals surface area (Å²) < 4.78 is 4.48. The van der Waals surface area contributed by atoms with Crippen molar-refractivity contribution in [1.82, 2.24) is 0 Å². The molecule has 0 rings (SSSR count). The lowest BCUT2D eigenvalue weighted by Crippen LogP contribution is -2.21. The van der Waals surface area contributed by atoms with E-state index in [9.17, 15) is 4.79 Å². The van der Waals surface area contributed by atoms with Crippen LogP contribution in [0.4, 0.5) is 0 Å². The molecule has 0 aliphatic heterocycles. The molecular weight excluding hydrogens is 140 g/mol. The minimum absolute atomic E-state index is 0.169. The molecular formula is C9H18O2. The van der Waals surface area contributed by atoms with Gasteiger partial charge in [-0.25, -0.2) is 0 Å². The summed E-state index contributed by atoms with van der Waals surface area (Å²) in [6, 6.07) is 0. The number of carbonyl (C=O) groups excluding carboxylic acids is 1. The first-order chi connectivity index (χ1) is 4.90. The Morgan fingerprint density at radius 1 is 1.45 bits per heavy atom. The maximum absolute atomic E-state index is 10.6. The van der Waals surface area contributed by atoms with Gasteiger partial charge in [-0.3, -0.25) is 4.79 Å². The van der Waals surface area contributed by atoms with E-state index in [1.54, 1.807) is 6.08 Å². The van der Waals surface area contributed by atoms with Crippen LogP contribution in [0.2, 0.25) is 0 Å². The molecule has 2 heteroatoms. The maximum atomic E-state index is 10.6. The first-order valence-electron chi connectivity index (χ1n) is 3.55. The van der Waals surface area contributed by atoms with E-state index in [0.29, 0.717) is 0 Å². The molecule has 0 spiro atoms. The highest BCUT2D eigenvalue weighted by molar-refractivity contribution is 5.75. The second-order valence-corrected chi connectivity index (χ2v) is 3.15. The molecule has 0 aliphatic carbocycles. The molecule has 0 saturated carbocycles. The molecule has 0 aliphatic rings. The second-order valence-electron chi connectivity index (χ2n) is 3.15. The third kappa shape index (κ3) is 9.21. The average molecular weight is 158 g/mol. The minimum atomic E-state index is -0.352. The van der Waals surface area contributed by atoms with Gasteiger partial charge in [-0.15, -0.1) is 6.58 Å². The van der Waals surface area contributed by atoms with Gasteiger partial charge >= 0.3 is 5.97 Å². The van der Waals surface area contributed by atoms with Crippen LogP contribution in [0.5, 0.6) is 0 Å². The van der Waals surface area contributed by atoms with Gasteiger partial charge in [0, 0.05) is 0 Å². The molecule has 0 saturated heterocycles. The Kier molecular flexibility index (Phi) is 6.96. The smallest absolute Gasteiger partial charge is 0.310 e. The van der Waals surface area contributed by atoms with Gasteiger partial charge in [-0.05, 0) is 27.7 Å². The molecule has 0 aromatic heterocycles. The largest absolute Gasteiger partial charge is 0.469 e. The molecule has 0 atom stereocenters. The van der Waals surface area contributed by atoms with Gasteiger partial charge in [-0.1, -0.05) is 6.08 Å². The van der Waals surface area contributed by atoms with Crippen molar-refractivity contribution in [3.63, 3.8) is 0 Å². The fourth-order valence-electron chi connectivity index (χ4n) is 0.306. The Labute approximate surface area is 69.3 Å². The van der Waals surface area contributed by atoms with Crippen LogP contribution >= 0.6 is 0 Å². The summed E-state index contributed by atoms with van der Waals surface area (Å²) in [4.78, 5) is 10.6. The van der Waals surface area contributed by atoms with Crippen LogP contribution in [0.3, 0.4) is 0 Å². The van der Waals surface area contributed by atoms with Crippen LogP contribution in [-0.2, 0) is 9.53 Å². The molecule has 0 aromatic rings. The van der Waals surface area contributed by atoms with Gasteiger partial charge < -0.3 is 4.74 Å². The van der Waals surface area contributed by atoms with Gasteiger partial charge in [0.1, 0.15) is 0 Å². The van der Waals surface area contributed by atoms with Crippen molar-refractivity contribution in [2.24, 2.45) is 5.41 Å². The predicted octanol–water partition coefficient (Wildman–Crippen LogP) is 2.40. The average Bonchev–Trinajstić information content (AvgIpc) is 1.86. The summed E-state index contributed by atoms with van der Waals surface area (Å²) in [5, 5.41) is 0. The fraction of sp³-hybridized carbons (Fsp3) is 0.667. The molecule has 0 N–H and O–H groups in total. The zero-order valence-corrected chi connectivity index (χ0v) is 8.10. The zero-order chi connectivity index (χ0) is 9.49. The fourth-order valence-corrected chi connectivity index (χ4v) is 0.306. The molecule has 2 nitrogen and oxygen atoms in total. The maximum Gasteiger partial charge on any atom is 0.310 e. The van der Waals surface area contributed by atoms with E-state index < -0.39 is 0 Å². The molecule has 0 heterocycles. The van der Waals surface area contributed by atoms with E-state index in [1.165, 1.54) is 7.11 Å². The second kappa shape index (κ2) is 5.96. The van der Waals surface area contributed by atoms with E-state index >= 15 is 0 Å². The number of ether oxygens (including phenoxy) is 1. The van der Waals surface area contributed by atoms with Crippen LogP contribution in [0, 0.1) is 5.41 Å². The first kappa shape index (κ1) is 12.8. The Hall–Kier alpha value is -0.790. The summed E-state index contributed by atoms with van der Waals surface area (Å²) >= 11 is 0. The van der Waals surface area contributed by atoms with Gasteiger partial charge in [0.2, 0.25) is 0 Å². The zero-order valence-electron chi connectivity index (χ0n) is 8.10. The molecule has 0 amide bonds. The van der Waals surface area contributed by atoms with Crippen LogP contribution in [0.1, 0.15) is 27.7 Å². The van der Waals surface area contributed by atoms with Crippen molar-refractivity contribution < 1.29 is 9.53 Å². The van der Waals surface area contributed by atoms with E-state index in [-0.39, 0.29) is 11.4 Å². The highest BCUT2D eigenvalue weighted by atomic mass is 16.5. The topological polar surface area (TPSA) is 26.3 Å². The van der Waals surface area contributed by atoms with E-state index in [2.05, 4.69) is 11.3 Å². The quantitative estimate of drug-likeness (QED) is 0.399. The monoisotopic (exact) mass is 158 g/mol. The Balaban J connectivity index is 0. The molecule has 66 valence electrons. The van der Waals surface area contributed by atoms with Gasteiger partial charge in [0.15, 0.2) is 0 Å². The SMILES string of the molecule is C=CC.COC(=O)C(C)(C)C. The van der Waals surface area contributed by atoms with Gasteiger partial charge in [0.05, 0.1) is 12.5 Å². The van der Waals surface area contributed by atoms with Crippen molar-refractivity contribution in [2.45, 2.75) is 27.7 Å². The predicted molar refractivity (Wildman–Crippen MR) is 47.3 cm³/mol. The number of methoxy groups -OCH3 is 1. The number of esters is 1. The standard InChI is InChI=1S/C6H12O2.C3H6/c1-6(2,3)5(7)8-4;1-3-2/h1-4H3;3H,1H2,2H3. The van der Waals surface area contributed by atoms with Crippen molar-refractivity contribution in [3.05, 3.63) is 12.7 Å². The number of carbonyl (C=O) groups is 1.